The Morgan fingerprint density at radius 3 is 2.17 bits per heavy atom. The van der Waals surface area contributed by atoms with E-state index in [2.05, 4.69) is 18.0 Å². The van der Waals surface area contributed by atoms with Crippen molar-refractivity contribution in [2.45, 2.75) is 30.6 Å². The molecular formula is C33H36N4O3S. The lowest BCUT2D eigenvalue weighted by Crippen LogP contribution is -2.16. The largest absolute Gasteiger partial charge is 0.399 e. The van der Waals surface area contributed by atoms with Crippen LogP contribution >= 0.6 is 0 Å². The number of amides is 1. The summed E-state index contributed by atoms with van der Waals surface area (Å²) < 4.78 is 23.8. The second-order valence-electron chi connectivity index (χ2n) is 10.4. The van der Waals surface area contributed by atoms with Crippen LogP contribution in [0.2, 0.25) is 0 Å². The zero-order valence-corrected chi connectivity index (χ0v) is 24.4. The highest BCUT2D eigenvalue weighted by Crippen LogP contribution is 2.42. The van der Waals surface area contributed by atoms with Gasteiger partial charge in [-0.05, 0) is 78.8 Å². The van der Waals surface area contributed by atoms with Gasteiger partial charge in [0.25, 0.3) is 5.91 Å². The van der Waals surface area contributed by atoms with Crippen LogP contribution in [0.15, 0.2) is 102 Å². The Bertz CT molecular complexity index is 1680. The van der Waals surface area contributed by atoms with Crippen LogP contribution in [-0.2, 0) is 10.0 Å². The monoisotopic (exact) mass is 568 g/mol. The Morgan fingerprint density at radius 1 is 0.927 bits per heavy atom. The molecule has 0 radical (unpaired) electrons. The lowest BCUT2D eigenvalue weighted by atomic mass is 10.0. The molecule has 4 aromatic rings. The number of carbonyl (C=O) groups is 1. The third-order valence-corrected chi connectivity index (χ3v) is 7.82. The second kappa shape index (κ2) is 12.4. The minimum Gasteiger partial charge on any atom is -0.399 e. The Morgan fingerprint density at radius 2 is 1.61 bits per heavy atom. The number of rotatable bonds is 7. The minimum atomic E-state index is -3.84. The smallest absolute Gasteiger partial charge is 0.256 e. The Labute approximate surface area is 242 Å². The first kappa shape index (κ1) is 29.6. The van der Waals surface area contributed by atoms with Gasteiger partial charge in [-0.25, -0.2) is 13.6 Å². The number of hydrogen-bond acceptors (Lipinski definition) is 5. The highest BCUT2D eigenvalue weighted by molar-refractivity contribution is 7.89. The van der Waals surface area contributed by atoms with Crippen LogP contribution < -0.4 is 21.1 Å². The average molecular weight is 569 g/mol. The summed E-state index contributed by atoms with van der Waals surface area (Å²) in [6.07, 6.45) is 2.22. The fourth-order valence-electron chi connectivity index (χ4n) is 4.50. The van der Waals surface area contributed by atoms with Gasteiger partial charge in [-0.15, -0.1) is 0 Å². The first-order valence-corrected chi connectivity index (χ1v) is 14.8. The number of nitrogens with one attached hydrogen (secondary N) is 1. The van der Waals surface area contributed by atoms with Gasteiger partial charge < -0.3 is 16.0 Å². The molecule has 1 fully saturated rings. The Kier molecular flexibility index (Phi) is 8.95. The molecule has 1 saturated carbocycles. The Balaban J connectivity index is 0.000000328. The number of anilines is 2. The van der Waals surface area contributed by atoms with Gasteiger partial charge in [0.15, 0.2) is 0 Å². The molecule has 0 bridgehead atoms. The molecule has 0 unspecified atom stereocenters. The van der Waals surface area contributed by atoms with Gasteiger partial charge in [-0.3, -0.25) is 4.79 Å². The van der Waals surface area contributed by atoms with Crippen molar-refractivity contribution in [3.63, 3.8) is 0 Å². The summed E-state index contributed by atoms with van der Waals surface area (Å²) in [5.41, 5.74) is 13.0. The summed E-state index contributed by atoms with van der Waals surface area (Å²) in [7, 11) is 0.0619. The first-order valence-electron chi connectivity index (χ1n) is 13.3. The number of primary sulfonamides is 1. The fourth-order valence-corrected chi connectivity index (χ4v) is 5.26. The van der Waals surface area contributed by atoms with Crippen LogP contribution in [0.3, 0.4) is 0 Å². The van der Waals surface area contributed by atoms with Gasteiger partial charge in [-0.2, -0.15) is 0 Å². The van der Waals surface area contributed by atoms with E-state index in [1.54, 1.807) is 42.5 Å². The second-order valence-corrected chi connectivity index (χ2v) is 11.9. The van der Waals surface area contributed by atoms with Crippen molar-refractivity contribution < 1.29 is 13.2 Å². The summed E-state index contributed by atoms with van der Waals surface area (Å²) in [5.74, 6) is 0.303. The number of benzene rings is 4. The van der Waals surface area contributed by atoms with E-state index in [4.69, 9.17) is 10.9 Å². The van der Waals surface area contributed by atoms with Crippen LogP contribution in [0.1, 0.15) is 45.8 Å². The summed E-state index contributed by atoms with van der Waals surface area (Å²) in [6, 6.07) is 27.7. The van der Waals surface area contributed by atoms with E-state index >= 15 is 0 Å². The molecule has 5 N–H and O–H groups in total. The van der Waals surface area contributed by atoms with Gasteiger partial charge in [0.05, 0.1) is 4.90 Å². The van der Waals surface area contributed by atoms with E-state index in [0.717, 1.165) is 29.7 Å². The van der Waals surface area contributed by atoms with Gasteiger partial charge in [0, 0.05) is 42.3 Å². The third kappa shape index (κ3) is 7.63. The van der Waals surface area contributed by atoms with Crippen molar-refractivity contribution in [3.05, 3.63) is 120 Å². The average Bonchev–Trinajstić information content (AvgIpc) is 3.79. The molecule has 0 saturated heterocycles. The summed E-state index contributed by atoms with van der Waals surface area (Å²) >= 11 is 0. The van der Waals surface area contributed by atoms with Crippen molar-refractivity contribution in [2.75, 3.05) is 24.3 Å². The summed E-state index contributed by atoms with van der Waals surface area (Å²) in [5, 5.41) is 8.31. The van der Waals surface area contributed by atoms with E-state index in [1.807, 2.05) is 62.3 Å². The zero-order valence-electron chi connectivity index (χ0n) is 23.6. The maximum absolute atomic E-state index is 13.1. The SMILES string of the molecule is C=C(N)c1cccc(C)c1.CN(C)c1ccc(C2CC2)c(C(=O)Nc2ccc(-c3ccccc3S(N)(=O)=O)cc2)c1. The van der Waals surface area contributed by atoms with Crippen molar-refractivity contribution in [1.29, 1.82) is 0 Å². The third-order valence-electron chi connectivity index (χ3n) is 6.85. The van der Waals surface area contributed by atoms with Crippen molar-refractivity contribution >= 4 is 33.0 Å². The molecule has 1 aliphatic carbocycles. The number of hydrogen-bond donors (Lipinski definition) is 3. The molecule has 5 rings (SSSR count). The van der Waals surface area contributed by atoms with Crippen LogP contribution in [0.4, 0.5) is 11.4 Å². The minimum absolute atomic E-state index is 0.0707. The number of nitrogens with zero attached hydrogens (tertiary/aromatic N) is 1. The molecule has 212 valence electrons. The Hall–Kier alpha value is -4.40. The maximum Gasteiger partial charge on any atom is 0.256 e. The van der Waals surface area contributed by atoms with E-state index in [9.17, 15) is 13.2 Å². The standard InChI is InChI=1S/C24H25N3O3S.C9H11N/c1-27(2)19-13-14-20(16-7-8-16)22(15-19)24(28)26-18-11-9-17(10-12-18)21-5-3-4-6-23(21)31(25,29)30;1-7-4-3-5-9(6-7)8(2)10/h3-6,9-16H,7-8H2,1-2H3,(H,26,28)(H2,25,29,30);3-6H,2,10H2,1H3. The summed E-state index contributed by atoms with van der Waals surface area (Å²) in [4.78, 5) is 15.1. The number of nitrogens with two attached hydrogens (primary N) is 2. The van der Waals surface area contributed by atoms with E-state index in [-0.39, 0.29) is 10.8 Å². The van der Waals surface area contributed by atoms with E-state index < -0.39 is 10.0 Å². The van der Waals surface area contributed by atoms with Gasteiger partial charge in [0.1, 0.15) is 0 Å². The molecule has 0 atom stereocenters. The highest BCUT2D eigenvalue weighted by Gasteiger charge is 2.28. The molecule has 8 heteroatoms. The topological polar surface area (TPSA) is 119 Å². The van der Waals surface area contributed by atoms with Crippen LogP contribution in [0.25, 0.3) is 16.8 Å². The molecule has 1 aliphatic rings. The van der Waals surface area contributed by atoms with Gasteiger partial charge in [0.2, 0.25) is 10.0 Å². The lowest BCUT2D eigenvalue weighted by molar-refractivity contribution is 0.102. The molecule has 0 heterocycles. The quantitative estimate of drug-likeness (QED) is 0.248. The van der Waals surface area contributed by atoms with E-state index in [1.165, 1.54) is 11.6 Å². The fraction of sp³-hybridized carbons (Fsp3) is 0.182. The predicted octanol–water partition coefficient (Wildman–Crippen LogP) is 6.12. The molecule has 41 heavy (non-hydrogen) atoms. The van der Waals surface area contributed by atoms with Gasteiger partial charge >= 0.3 is 0 Å². The number of aryl methyl sites for hydroxylation is 1. The van der Waals surface area contributed by atoms with Crippen LogP contribution in [0.5, 0.6) is 0 Å². The molecule has 0 aliphatic heterocycles. The van der Waals surface area contributed by atoms with Crippen LogP contribution in [0, 0.1) is 6.92 Å². The molecule has 7 nitrogen and oxygen atoms in total. The van der Waals surface area contributed by atoms with Crippen molar-refractivity contribution in [3.8, 4) is 11.1 Å². The van der Waals surface area contributed by atoms with E-state index in [0.29, 0.717) is 34.0 Å². The highest BCUT2D eigenvalue weighted by atomic mass is 32.2. The zero-order chi connectivity index (χ0) is 29.7. The normalized spacial score (nSPS) is 12.6. The molecule has 4 aromatic carbocycles. The van der Waals surface area contributed by atoms with Crippen molar-refractivity contribution in [2.24, 2.45) is 10.9 Å². The lowest BCUT2D eigenvalue weighted by Gasteiger charge is -2.17. The predicted molar refractivity (Wildman–Crippen MR) is 168 cm³/mol. The van der Waals surface area contributed by atoms with Crippen LogP contribution in [-0.4, -0.2) is 28.4 Å². The molecular weight excluding hydrogens is 532 g/mol. The molecule has 0 spiro atoms. The van der Waals surface area contributed by atoms with Gasteiger partial charge in [-0.1, -0.05) is 66.7 Å². The summed E-state index contributed by atoms with van der Waals surface area (Å²) in [6.45, 7) is 5.68. The maximum atomic E-state index is 13.1. The molecule has 0 aromatic heterocycles. The molecule has 1 amide bonds. The number of carbonyl (C=O) groups excluding carboxylic acids is 1. The van der Waals surface area contributed by atoms with Crippen molar-refractivity contribution in [1.82, 2.24) is 0 Å². The number of sulfonamides is 1. The first-order chi connectivity index (χ1) is 19.4.